The molecule has 2 aromatic heterocycles. The molecule has 2 aliphatic heterocycles. The van der Waals surface area contributed by atoms with Crippen LogP contribution in [0.5, 0.6) is 0 Å². The summed E-state index contributed by atoms with van der Waals surface area (Å²) in [7, 11) is 1.31. The monoisotopic (exact) mass is 896 g/mol. The molecule has 66 heavy (non-hydrogen) atoms. The number of rotatable bonds is 6. The molecule has 9 rings (SSSR count). The van der Waals surface area contributed by atoms with Gasteiger partial charge in [0, 0.05) is 23.4 Å². The van der Waals surface area contributed by atoms with E-state index in [1.54, 1.807) is 0 Å². The van der Waals surface area contributed by atoms with Gasteiger partial charge in [-0.05, 0) is 117 Å². The molecule has 6 aromatic rings. The first-order valence-corrected chi connectivity index (χ1v) is 24.9. The number of aromatic nitrogens is 4. The van der Waals surface area contributed by atoms with Crippen molar-refractivity contribution in [1.82, 2.24) is 35.1 Å². The molecule has 12 heteroatoms. The van der Waals surface area contributed by atoms with E-state index in [-0.39, 0.29) is 36.0 Å². The first kappa shape index (κ1) is 45.5. The Morgan fingerprint density at radius 1 is 0.727 bits per heavy atom. The molecule has 3 fully saturated rings. The fourth-order valence-corrected chi connectivity index (χ4v) is 11.2. The lowest BCUT2D eigenvalue weighted by molar-refractivity contribution is -0.135. The van der Waals surface area contributed by atoms with Crippen LogP contribution in [0, 0.1) is 11.8 Å². The van der Waals surface area contributed by atoms with E-state index in [0.29, 0.717) is 12.5 Å². The first-order valence-electron chi connectivity index (χ1n) is 24.9. The van der Waals surface area contributed by atoms with Crippen LogP contribution in [0.25, 0.3) is 54.7 Å². The number of nitrogens with one attached hydrogen (secondary N) is 3. The third-order valence-electron chi connectivity index (χ3n) is 14.6. The van der Waals surface area contributed by atoms with E-state index in [4.69, 9.17) is 19.4 Å². The molecule has 3 N–H and O–H groups in total. The van der Waals surface area contributed by atoms with Crippen molar-refractivity contribution in [1.29, 1.82) is 0 Å². The van der Waals surface area contributed by atoms with Crippen molar-refractivity contribution in [3.8, 4) is 11.1 Å². The Labute approximate surface area is 389 Å². The lowest BCUT2D eigenvalue weighted by Gasteiger charge is -2.37. The zero-order valence-corrected chi connectivity index (χ0v) is 39.9. The number of H-pyrrole nitrogens is 2. The van der Waals surface area contributed by atoms with E-state index in [1.807, 2.05) is 39.5 Å². The first-order chi connectivity index (χ1) is 31.8. The average molecular weight is 896 g/mol. The highest BCUT2D eigenvalue weighted by Crippen LogP contribution is 2.41. The van der Waals surface area contributed by atoms with Gasteiger partial charge in [-0.2, -0.15) is 0 Å². The minimum atomic E-state index is -0.689. The van der Waals surface area contributed by atoms with Crippen LogP contribution in [0.2, 0.25) is 0 Å². The van der Waals surface area contributed by atoms with Gasteiger partial charge in [0.2, 0.25) is 5.91 Å². The summed E-state index contributed by atoms with van der Waals surface area (Å²) in [6.45, 7) is 10.3. The Kier molecular flexibility index (Phi) is 13.3. The second kappa shape index (κ2) is 19.3. The number of carbonyl (C=O) groups is 3. The number of likely N-dealkylation sites (tertiary alicyclic amines) is 1. The van der Waals surface area contributed by atoms with Gasteiger partial charge in [-0.3, -0.25) is 9.69 Å². The van der Waals surface area contributed by atoms with Crippen molar-refractivity contribution < 1.29 is 23.9 Å². The maximum Gasteiger partial charge on any atom is 0.411 e. The molecule has 1 saturated carbocycles. The Balaban J connectivity index is 0.999. The number of amides is 3. The molecule has 3 amide bonds. The summed E-state index contributed by atoms with van der Waals surface area (Å²) in [4.78, 5) is 61.9. The van der Waals surface area contributed by atoms with Crippen molar-refractivity contribution in [2.24, 2.45) is 11.8 Å². The normalized spacial score (nSPS) is 21.9. The quantitative estimate of drug-likeness (QED) is 0.151. The lowest BCUT2D eigenvalue weighted by Crippen LogP contribution is -2.51. The number of benzene rings is 4. The van der Waals surface area contributed by atoms with Crippen LogP contribution in [0.3, 0.4) is 0 Å². The van der Waals surface area contributed by atoms with E-state index in [2.05, 4.69) is 80.8 Å². The second-order valence-corrected chi connectivity index (χ2v) is 20.7. The highest BCUT2D eigenvalue weighted by atomic mass is 16.6. The van der Waals surface area contributed by atoms with Crippen LogP contribution < -0.4 is 5.32 Å². The Hall–Kier alpha value is -5.65. The number of hydrogen-bond donors (Lipinski definition) is 3. The van der Waals surface area contributed by atoms with E-state index in [0.717, 1.165) is 118 Å². The van der Waals surface area contributed by atoms with E-state index < -0.39 is 17.7 Å². The molecule has 0 spiro atoms. The molecular weight excluding hydrogens is 827 g/mol. The molecule has 5 atom stereocenters. The molecule has 2 bridgehead atoms. The van der Waals surface area contributed by atoms with Crippen molar-refractivity contribution in [2.75, 3.05) is 13.7 Å². The number of nitrogens with zero attached hydrogens (tertiary/aromatic N) is 4. The zero-order valence-electron chi connectivity index (χ0n) is 39.9. The van der Waals surface area contributed by atoms with Crippen LogP contribution in [0.1, 0.15) is 155 Å². The van der Waals surface area contributed by atoms with E-state index in [9.17, 15) is 14.4 Å². The number of alkyl carbamates (subject to hydrolysis) is 1. The van der Waals surface area contributed by atoms with Gasteiger partial charge in [0.25, 0.3) is 0 Å². The number of aromatic amines is 2. The fraction of sp³-hybridized carbons (Fsp3) is 0.537. The number of fused-ring (bicyclic) bond motifs is 8. The number of hydrogen-bond acceptors (Lipinski definition) is 7. The molecule has 3 aliphatic rings. The fourth-order valence-electron chi connectivity index (χ4n) is 11.2. The molecular formula is C54H69N7O5. The van der Waals surface area contributed by atoms with Crippen molar-refractivity contribution in [3.05, 3.63) is 72.3 Å². The number of ether oxygens (including phenoxy) is 2. The summed E-state index contributed by atoms with van der Waals surface area (Å²) >= 11 is 0. The smallest absolute Gasteiger partial charge is 0.411 e. The van der Waals surface area contributed by atoms with Crippen LogP contribution in [0.15, 0.2) is 60.7 Å². The number of carbonyl (C=O) groups excluding carboxylic acids is 3. The highest BCUT2D eigenvalue weighted by Gasteiger charge is 2.41. The van der Waals surface area contributed by atoms with Crippen molar-refractivity contribution >= 4 is 61.7 Å². The second-order valence-electron chi connectivity index (χ2n) is 20.7. The Morgan fingerprint density at radius 3 is 2.09 bits per heavy atom. The molecule has 4 heterocycles. The summed E-state index contributed by atoms with van der Waals surface area (Å²) < 4.78 is 11.0. The van der Waals surface area contributed by atoms with E-state index >= 15 is 0 Å². The molecule has 0 radical (unpaired) electrons. The Morgan fingerprint density at radius 2 is 1.38 bits per heavy atom. The average Bonchev–Trinajstić information content (AvgIpc) is 4.13. The number of methoxy groups -OCH3 is 1. The van der Waals surface area contributed by atoms with Gasteiger partial charge in [0.1, 0.15) is 23.3 Å². The predicted molar refractivity (Wildman–Crippen MR) is 262 cm³/mol. The maximum absolute atomic E-state index is 14.3. The molecule has 12 nitrogen and oxygen atoms in total. The van der Waals surface area contributed by atoms with Crippen LogP contribution in [-0.4, -0.2) is 79.2 Å². The topological polar surface area (TPSA) is 146 Å². The number of imidazole rings is 2. The van der Waals surface area contributed by atoms with Gasteiger partial charge in [-0.1, -0.05) is 108 Å². The van der Waals surface area contributed by atoms with Crippen LogP contribution in [-0.2, 0) is 14.3 Å². The minimum absolute atomic E-state index is 0.106. The van der Waals surface area contributed by atoms with Gasteiger partial charge in [0.15, 0.2) is 0 Å². The standard InChI is InChI=1S/C54H69N7O5/c1-33(2)46(59-52(63)65-6)51(62)60-29-15-18-44(60)49-55-42-27-22-37-31-35(20-25-40(37)47(42)57-49)36-21-26-41-38(32-36)23-28-43-48(41)58-50(56-43)45-17-14-12-10-8-7-9-11-13-16-34-19-24-39(30-34)61(45)53(64)66-54(3,4)5/h20-23,25-28,31-34,39,44-46H,7-19,24,29-30H2,1-6H3,(H,55,57)(H,56,58)(H,59,63)/t34?,39?,44-,45?,46-/m0/s1. The van der Waals surface area contributed by atoms with Gasteiger partial charge in [-0.15, -0.1) is 0 Å². The third kappa shape index (κ3) is 9.61. The summed E-state index contributed by atoms with van der Waals surface area (Å²) in [6, 6.07) is 20.7. The SMILES string of the molecule is COC(=O)N[C@H](C(=O)N1CCC[C@H]1c1nc2c(ccc3cc(-c4ccc5c(ccc6nc(C7CCCCCCCCCCC8CCC(C8)N7C(=O)OC(C)(C)C)[nH]c65)c4)ccc32)[nH]1)C(C)C. The summed E-state index contributed by atoms with van der Waals surface area (Å²) in [5.74, 6) is 2.03. The molecule has 4 aromatic carbocycles. The molecule has 350 valence electrons. The van der Waals surface area contributed by atoms with Crippen LogP contribution >= 0.6 is 0 Å². The maximum atomic E-state index is 14.3. The van der Waals surface area contributed by atoms with Crippen molar-refractivity contribution in [3.63, 3.8) is 0 Å². The highest BCUT2D eigenvalue weighted by molar-refractivity contribution is 6.07. The van der Waals surface area contributed by atoms with Gasteiger partial charge in [0.05, 0.1) is 41.3 Å². The van der Waals surface area contributed by atoms with Gasteiger partial charge >= 0.3 is 12.2 Å². The zero-order chi connectivity index (χ0) is 46.1. The van der Waals surface area contributed by atoms with E-state index in [1.165, 1.54) is 52.1 Å². The van der Waals surface area contributed by atoms with Crippen molar-refractivity contribution in [2.45, 2.75) is 161 Å². The largest absolute Gasteiger partial charge is 0.453 e. The predicted octanol–water partition coefficient (Wildman–Crippen LogP) is 12.8. The minimum Gasteiger partial charge on any atom is -0.453 e. The molecule has 2 saturated heterocycles. The summed E-state index contributed by atoms with van der Waals surface area (Å²) in [5, 5.41) is 7.07. The van der Waals surface area contributed by atoms with Gasteiger partial charge in [-0.25, -0.2) is 19.6 Å². The summed E-state index contributed by atoms with van der Waals surface area (Å²) in [5.41, 5.74) is 5.32. The van der Waals surface area contributed by atoms with Gasteiger partial charge < -0.3 is 29.7 Å². The lowest BCUT2D eigenvalue weighted by atomic mass is 9.98. The third-order valence-corrected chi connectivity index (χ3v) is 14.6. The molecule has 3 unspecified atom stereocenters. The molecule has 1 aliphatic carbocycles. The Bertz CT molecular complexity index is 2710. The summed E-state index contributed by atoms with van der Waals surface area (Å²) in [6.07, 6.45) is 16.1. The van der Waals surface area contributed by atoms with Crippen LogP contribution in [0.4, 0.5) is 9.59 Å².